The Morgan fingerprint density at radius 1 is 1.05 bits per heavy atom. The van der Waals surface area contributed by atoms with E-state index in [0.29, 0.717) is 5.69 Å². The molecule has 0 fully saturated rings. The Morgan fingerprint density at radius 3 is 2.68 bits per heavy atom. The molecule has 4 nitrogen and oxygen atoms in total. The van der Waals surface area contributed by atoms with Crippen LogP contribution in [0.3, 0.4) is 0 Å². The van der Waals surface area contributed by atoms with Gasteiger partial charge in [-0.2, -0.15) is 0 Å². The lowest BCUT2D eigenvalue weighted by Crippen LogP contribution is -2.13. The number of amides is 1. The Kier molecular flexibility index (Phi) is 2.68. The number of primary amides is 1. The molecule has 1 amide bonds. The lowest BCUT2D eigenvalue weighted by Gasteiger charge is -2.06. The van der Waals surface area contributed by atoms with Crippen molar-refractivity contribution in [2.24, 2.45) is 5.73 Å². The molecule has 0 saturated heterocycles. The molecule has 2 aromatic heterocycles. The average Bonchev–Trinajstić information content (AvgIpc) is 2.47. The summed E-state index contributed by atoms with van der Waals surface area (Å²) in [5.74, 6) is -0.520. The fraction of sp³-hybridized carbons (Fsp3) is 0. The quantitative estimate of drug-likeness (QED) is 0.758. The van der Waals surface area contributed by atoms with Gasteiger partial charge in [0.25, 0.3) is 5.91 Å². The first kappa shape index (κ1) is 11.3. The van der Waals surface area contributed by atoms with Gasteiger partial charge in [-0.25, -0.2) is 0 Å². The fourth-order valence-electron chi connectivity index (χ4n) is 2.08. The van der Waals surface area contributed by atoms with E-state index in [1.54, 1.807) is 18.6 Å². The van der Waals surface area contributed by atoms with E-state index >= 15 is 0 Å². The van der Waals surface area contributed by atoms with Crippen LogP contribution in [-0.2, 0) is 0 Å². The van der Waals surface area contributed by atoms with Crippen LogP contribution in [0.25, 0.3) is 21.9 Å². The first-order valence-corrected chi connectivity index (χ1v) is 5.85. The summed E-state index contributed by atoms with van der Waals surface area (Å²) in [6.07, 6.45) is 5.09. The number of fused-ring (bicyclic) bond motifs is 1. The smallest absolute Gasteiger partial charge is 0.267 e. The second kappa shape index (κ2) is 4.49. The SMILES string of the molecule is NC(=O)c1nccc2ccc(-c3cccnc3)cc12. The van der Waals surface area contributed by atoms with Crippen LogP contribution in [0.2, 0.25) is 0 Å². The molecule has 0 unspecified atom stereocenters. The van der Waals surface area contributed by atoms with Crippen LogP contribution in [-0.4, -0.2) is 15.9 Å². The number of hydrogen-bond acceptors (Lipinski definition) is 3. The summed E-state index contributed by atoms with van der Waals surface area (Å²) in [6.45, 7) is 0. The second-order valence-corrected chi connectivity index (χ2v) is 4.20. The third kappa shape index (κ3) is 2.04. The minimum Gasteiger partial charge on any atom is -0.364 e. The predicted molar refractivity (Wildman–Crippen MR) is 73.5 cm³/mol. The summed E-state index contributed by atoms with van der Waals surface area (Å²) in [5, 5.41) is 1.70. The van der Waals surface area contributed by atoms with Gasteiger partial charge in [0.2, 0.25) is 0 Å². The highest BCUT2D eigenvalue weighted by Crippen LogP contribution is 2.25. The molecule has 2 heterocycles. The van der Waals surface area contributed by atoms with Crippen molar-refractivity contribution in [3.8, 4) is 11.1 Å². The fourth-order valence-corrected chi connectivity index (χ4v) is 2.08. The Labute approximate surface area is 109 Å². The second-order valence-electron chi connectivity index (χ2n) is 4.20. The molecular formula is C15H11N3O. The van der Waals surface area contributed by atoms with Gasteiger partial charge in [-0.05, 0) is 29.1 Å². The van der Waals surface area contributed by atoms with E-state index in [9.17, 15) is 4.79 Å². The van der Waals surface area contributed by atoms with Crippen molar-refractivity contribution in [3.05, 3.63) is 60.7 Å². The van der Waals surface area contributed by atoms with Gasteiger partial charge in [-0.3, -0.25) is 14.8 Å². The third-order valence-electron chi connectivity index (χ3n) is 2.99. The molecule has 0 aliphatic heterocycles. The molecule has 3 aromatic rings. The van der Waals surface area contributed by atoms with Gasteiger partial charge >= 0.3 is 0 Å². The van der Waals surface area contributed by atoms with E-state index < -0.39 is 5.91 Å². The maximum Gasteiger partial charge on any atom is 0.267 e. The summed E-state index contributed by atoms with van der Waals surface area (Å²) < 4.78 is 0. The van der Waals surface area contributed by atoms with Crippen molar-refractivity contribution < 1.29 is 4.79 Å². The van der Waals surface area contributed by atoms with E-state index in [4.69, 9.17) is 5.73 Å². The predicted octanol–water partition coefficient (Wildman–Crippen LogP) is 2.40. The molecule has 0 radical (unpaired) electrons. The van der Waals surface area contributed by atoms with Crippen molar-refractivity contribution in [2.75, 3.05) is 0 Å². The molecule has 92 valence electrons. The van der Waals surface area contributed by atoms with Crippen LogP contribution in [0.5, 0.6) is 0 Å². The number of pyridine rings is 2. The van der Waals surface area contributed by atoms with Crippen molar-refractivity contribution in [1.82, 2.24) is 9.97 Å². The topological polar surface area (TPSA) is 68.9 Å². The summed E-state index contributed by atoms with van der Waals surface area (Å²) in [5.41, 5.74) is 7.62. The first-order chi connectivity index (χ1) is 9.25. The Morgan fingerprint density at radius 2 is 1.95 bits per heavy atom. The third-order valence-corrected chi connectivity index (χ3v) is 2.99. The molecule has 0 atom stereocenters. The zero-order valence-corrected chi connectivity index (χ0v) is 10.1. The highest BCUT2D eigenvalue weighted by Gasteiger charge is 2.09. The monoisotopic (exact) mass is 249 g/mol. The molecule has 0 bridgehead atoms. The molecule has 0 spiro atoms. The summed E-state index contributed by atoms with van der Waals surface area (Å²) >= 11 is 0. The van der Waals surface area contributed by atoms with Crippen LogP contribution < -0.4 is 5.73 Å². The van der Waals surface area contributed by atoms with Crippen LogP contribution in [0.4, 0.5) is 0 Å². The van der Waals surface area contributed by atoms with Gasteiger partial charge in [0.1, 0.15) is 5.69 Å². The van der Waals surface area contributed by atoms with Crippen molar-refractivity contribution in [1.29, 1.82) is 0 Å². The lowest BCUT2D eigenvalue weighted by molar-refractivity contribution is 0.0997. The summed E-state index contributed by atoms with van der Waals surface area (Å²) in [7, 11) is 0. The molecule has 19 heavy (non-hydrogen) atoms. The number of hydrogen-bond donors (Lipinski definition) is 1. The maximum atomic E-state index is 11.4. The highest BCUT2D eigenvalue weighted by atomic mass is 16.1. The van der Waals surface area contributed by atoms with Crippen LogP contribution >= 0.6 is 0 Å². The number of aromatic nitrogens is 2. The van der Waals surface area contributed by atoms with Gasteiger partial charge < -0.3 is 5.73 Å². The molecule has 0 aliphatic rings. The first-order valence-electron chi connectivity index (χ1n) is 5.85. The molecule has 1 aromatic carbocycles. The molecule has 0 aliphatic carbocycles. The number of carbonyl (C=O) groups excluding carboxylic acids is 1. The van der Waals surface area contributed by atoms with E-state index in [1.165, 1.54) is 0 Å². The lowest BCUT2D eigenvalue weighted by atomic mass is 10.0. The van der Waals surface area contributed by atoms with Gasteiger partial charge in [0.15, 0.2) is 0 Å². The Bertz CT molecular complexity index is 754. The minimum atomic E-state index is -0.520. The number of carbonyl (C=O) groups is 1. The number of benzene rings is 1. The summed E-state index contributed by atoms with van der Waals surface area (Å²) in [6, 6.07) is 11.6. The standard InChI is InChI=1S/C15H11N3O/c16-15(19)14-13-8-11(12-2-1-6-17-9-12)4-3-10(13)5-7-18-14/h1-9H,(H2,16,19). The van der Waals surface area contributed by atoms with Crippen molar-refractivity contribution >= 4 is 16.7 Å². The van der Waals surface area contributed by atoms with Gasteiger partial charge in [-0.1, -0.05) is 18.2 Å². The highest BCUT2D eigenvalue weighted by molar-refractivity contribution is 6.05. The minimum absolute atomic E-state index is 0.295. The van der Waals surface area contributed by atoms with Crippen LogP contribution in [0.15, 0.2) is 55.0 Å². The van der Waals surface area contributed by atoms with E-state index in [1.807, 2.05) is 36.4 Å². The van der Waals surface area contributed by atoms with Gasteiger partial charge in [0.05, 0.1) is 0 Å². The number of nitrogens with zero attached hydrogens (tertiary/aromatic N) is 2. The largest absolute Gasteiger partial charge is 0.364 e. The zero-order valence-electron chi connectivity index (χ0n) is 10.1. The molecular weight excluding hydrogens is 238 g/mol. The molecule has 4 heteroatoms. The van der Waals surface area contributed by atoms with Gasteiger partial charge in [-0.15, -0.1) is 0 Å². The average molecular weight is 249 g/mol. The van der Waals surface area contributed by atoms with Crippen molar-refractivity contribution in [2.45, 2.75) is 0 Å². The van der Waals surface area contributed by atoms with Gasteiger partial charge in [0, 0.05) is 29.5 Å². The summed E-state index contributed by atoms with van der Waals surface area (Å²) in [4.78, 5) is 19.6. The van der Waals surface area contributed by atoms with E-state index in [2.05, 4.69) is 9.97 Å². The van der Waals surface area contributed by atoms with E-state index in [-0.39, 0.29) is 0 Å². The Balaban J connectivity index is 2.25. The normalized spacial score (nSPS) is 10.5. The zero-order chi connectivity index (χ0) is 13.2. The van der Waals surface area contributed by atoms with Crippen LogP contribution in [0, 0.1) is 0 Å². The van der Waals surface area contributed by atoms with E-state index in [0.717, 1.165) is 21.9 Å². The number of rotatable bonds is 2. The number of nitrogens with two attached hydrogens (primary N) is 1. The maximum absolute atomic E-state index is 11.4. The molecule has 0 saturated carbocycles. The Hall–Kier alpha value is -2.75. The molecule has 3 rings (SSSR count). The van der Waals surface area contributed by atoms with Crippen LogP contribution in [0.1, 0.15) is 10.5 Å². The van der Waals surface area contributed by atoms with Crippen molar-refractivity contribution in [3.63, 3.8) is 0 Å². The molecule has 2 N–H and O–H groups in total.